The summed E-state index contributed by atoms with van der Waals surface area (Å²) in [5, 5.41) is 3.82. The van der Waals surface area contributed by atoms with Crippen molar-refractivity contribution in [2.45, 2.75) is 26.0 Å². The Bertz CT molecular complexity index is 1320. The number of amides is 2. The van der Waals surface area contributed by atoms with Crippen LogP contribution < -0.4 is 5.32 Å². The zero-order chi connectivity index (χ0) is 23.5. The molecule has 3 aromatic carbocycles. The van der Waals surface area contributed by atoms with E-state index < -0.39 is 6.10 Å². The zero-order valence-electron chi connectivity index (χ0n) is 18.9. The minimum absolute atomic E-state index is 0.0108. The number of hydrogen-bond donors (Lipinski definition) is 1. The molecule has 34 heavy (non-hydrogen) atoms. The molecule has 2 amide bonds. The molecule has 1 aromatic heterocycles. The highest BCUT2D eigenvalue weighted by molar-refractivity contribution is 7.21. The predicted molar refractivity (Wildman–Crippen MR) is 135 cm³/mol. The maximum Gasteiger partial charge on any atom is 0.252 e. The van der Waals surface area contributed by atoms with Crippen LogP contribution in [0.5, 0.6) is 0 Å². The molecule has 6 nitrogen and oxygen atoms in total. The molecule has 1 saturated heterocycles. The highest BCUT2D eigenvalue weighted by Crippen LogP contribution is 2.31. The number of nitrogens with zero attached hydrogens (tertiary/aromatic N) is 2. The number of nitrogens with one attached hydrogen (secondary N) is 1. The molecule has 4 aromatic rings. The summed E-state index contributed by atoms with van der Waals surface area (Å²) in [5.41, 5.74) is 4.93. The molecule has 0 bridgehead atoms. The molecule has 1 unspecified atom stereocenters. The lowest BCUT2D eigenvalue weighted by molar-refractivity contribution is -0.155. The van der Waals surface area contributed by atoms with Crippen molar-refractivity contribution >= 4 is 39.1 Å². The highest BCUT2D eigenvalue weighted by atomic mass is 32.1. The molecule has 2 heterocycles. The van der Waals surface area contributed by atoms with Crippen molar-refractivity contribution in [3.63, 3.8) is 0 Å². The normalized spacial score (nSPS) is 16.1. The molecule has 172 valence electrons. The Morgan fingerprint density at radius 2 is 1.91 bits per heavy atom. The third-order valence-electron chi connectivity index (χ3n) is 5.81. The van der Waals surface area contributed by atoms with Gasteiger partial charge in [-0.15, -0.1) is 11.3 Å². The molecule has 1 aliphatic heterocycles. The Hall–Kier alpha value is -3.55. The van der Waals surface area contributed by atoms with Crippen LogP contribution in [-0.2, 0) is 20.9 Å². The van der Waals surface area contributed by atoms with Gasteiger partial charge in [-0.05, 0) is 54.4 Å². The van der Waals surface area contributed by atoms with Crippen LogP contribution in [0.3, 0.4) is 0 Å². The van der Waals surface area contributed by atoms with Crippen molar-refractivity contribution in [1.29, 1.82) is 0 Å². The number of rotatable bonds is 6. The molecule has 1 atom stereocenters. The van der Waals surface area contributed by atoms with E-state index in [4.69, 9.17) is 9.72 Å². The van der Waals surface area contributed by atoms with Gasteiger partial charge >= 0.3 is 0 Å². The fourth-order valence-electron chi connectivity index (χ4n) is 4.03. The van der Waals surface area contributed by atoms with Crippen LogP contribution in [-0.4, -0.2) is 41.0 Å². The van der Waals surface area contributed by atoms with Gasteiger partial charge in [-0.25, -0.2) is 4.98 Å². The van der Waals surface area contributed by atoms with Crippen LogP contribution in [0.4, 0.5) is 5.69 Å². The van der Waals surface area contributed by atoms with E-state index in [0.29, 0.717) is 25.4 Å². The Balaban J connectivity index is 1.20. The second-order valence-electron chi connectivity index (χ2n) is 8.42. The second kappa shape index (κ2) is 9.75. The van der Waals surface area contributed by atoms with E-state index >= 15 is 0 Å². The van der Waals surface area contributed by atoms with E-state index in [1.807, 2.05) is 60.7 Å². The van der Waals surface area contributed by atoms with Gasteiger partial charge in [-0.3, -0.25) is 9.59 Å². The average molecular weight is 472 g/mol. The standard InChI is InChI=1S/C27H25N3O3S/c1-18-7-12-22-24(15-18)34-26(29-22)20-8-10-21(11-9-20)28-25(31)16-23-27(32)30(13-14-33-23)17-19-5-3-2-4-6-19/h2-12,15,23H,13-14,16-17H2,1H3,(H,28,31). The number of anilines is 1. The first-order valence-corrected chi connectivity index (χ1v) is 12.1. The maximum atomic E-state index is 12.8. The number of hydrogen-bond acceptors (Lipinski definition) is 5. The molecular formula is C27H25N3O3S. The number of benzene rings is 3. The largest absolute Gasteiger partial charge is 0.366 e. The lowest BCUT2D eigenvalue weighted by atomic mass is 10.1. The zero-order valence-corrected chi connectivity index (χ0v) is 19.7. The fraction of sp³-hybridized carbons (Fsp3) is 0.222. The summed E-state index contributed by atoms with van der Waals surface area (Å²) in [6.45, 7) is 3.54. The Labute approximate surface area is 202 Å². The quantitative estimate of drug-likeness (QED) is 0.428. The van der Waals surface area contributed by atoms with E-state index in [1.54, 1.807) is 16.2 Å². The van der Waals surface area contributed by atoms with Crippen molar-refractivity contribution < 1.29 is 14.3 Å². The van der Waals surface area contributed by atoms with Crippen molar-refractivity contribution in [1.82, 2.24) is 9.88 Å². The first kappa shape index (κ1) is 22.3. The third kappa shape index (κ3) is 5.00. The lowest BCUT2D eigenvalue weighted by Gasteiger charge is -2.32. The van der Waals surface area contributed by atoms with Gasteiger partial charge in [0.05, 0.1) is 23.2 Å². The molecule has 1 fully saturated rings. The van der Waals surface area contributed by atoms with Gasteiger partial charge in [0.1, 0.15) is 11.1 Å². The van der Waals surface area contributed by atoms with Gasteiger partial charge in [0.15, 0.2) is 0 Å². The molecule has 1 N–H and O–H groups in total. The van der Waals surface area contributed by atoms with E-state index in [2.05, 4.69) is 24.4 Å². The summed E-state index contributed by atoms with van der Waals surface area (Å²) in [7, 11) is 0. The molecule has 0 aliphatic carbocycles. The number of carbonyl (C=O) groups is 2. The van der Waals surface area contributed by atoms with Crippen molar-refractivity contribution in [2.75, 3.05) is 18.5 Å². The number of carbonyl (C=O) groups excluding carboxylic acids is 2. The molecule has 0 radical (unpaired) electrons. The SMILES string of the molecule is Cc1ccc2nc(-c3ccc(NC(=O)CC4OCCN(Cc5ccccc5)C4=O)cc3)sc2c1. The van der Waals surface area contributed by atoms with E-state index in [0.717, 1.165) is 26.4 Å². The minimum atomic E-state index is -0.761. The summed E-state index contributed by atoms with van der Waals surface area (Å²) in [6.07, 6.45) is -0.772. The van der Waals surface area contributed by atoms with Gasteiger partial charge in [-0.2, -0.15) is 0 Å². The van der Waals surface area contributed by atoms with Crippen LogP contribution in [0.1, 0.15) is 17.5 Å². The Morgan fingerprint density at radius 1 is 1.12 bits per heavy atom. The first-order chi connectivity index (χ1) is 16.5. The van der Waals surface area contributed by atoms with Crippen LogP contribution >= 0.6 is 11.3 Å². The summed E-state index contributed by atoms with van der Waals surface area (Å²) in [4.78, 5) is 31.9. The number of aryl methyl sites for hydroxylation is 1. The molecule has 0 spiro atoms. The van der Waals surface area contributed by atoms with Gasteiger partial charge < -0.3 is 15.0 Å². The maximum absolute atomic E-state index is 12.8. The molecule has 5 rings (SSSR count). The molecule has 0 saturated carbocycles. The van der Waals surface area contributed by atoms with E-state index in [1.165, 1.54) is 5.56 Å². The van der Waals surface area contributed by atoms with E-state index in [-0.39, 0.29) is 18.2 Å². The molecule has 1 aliphatic rings. The predicted octanol–water partition coefficient (Wildman–Crippen LogP) is 5.03. The lowest BCUT2D eigenvalue weighted by Crippen LogP contribution is -2.48. The summed E-state index contributed by atoms with van der Waals surface area (Å²) < 4.78 is 6.78. The Morgan fingerprint density at radius 3 is 2.71 bits per heavy atom. The Kier molecular flexibility index (Phi) is 6.38. The highest BCUT2D eigenvalue weighted by Gasteiger charge is 2.31. The summed E-state index contributed by atoms with van der Waals surface area (Å²) >= 11 is 1.65. The van der Waals surface area contributed by atoms with Crippen molar-refractivity contribution in [3.8, 4) is 10.6 Å². The minimum Gasteiger partial charge on any atom is -0.366 e. The molecular weight excluding hydrogens is 446 g/mol. The topological polar surface area (TPSA) is 71.5 Å². The van der Waals surface area contributed by atoms with Gasteiger partial charge in [0, 0.05) is 24.3 Å². The first-order valence-electron chi connectivity index (χ1n) is 11.3. The number of thiazole rings is 1. The monoisotopic (exact) mass is 471 g/mol. The van der Waals surface area contributed by atoms with E-state index in [9.17, 15) is 9.59 Å². The van der Waals surface area contributed by atoms with Gasteiger partial charge in [0.2, 0.25) is 5.91 Å². The third-order valence-corrected chi connectivity index (χ3v) is 6.88. The smallest absolute Gasteiger partial charge is 0.252 e. The number of ether oxygens (including phenoxy) is 1. The van der Waals surface area contributed by atoms with Crippen molar-refractivity contribution in [2.24, 2.45) is 0 Å². The van der Waals surface area contributed by atoms with Crippen LogP contribution in [0.2, 0.25) is 0 Å². The van der Waals surface area contributed by atoms with Crippen LogP contribution in [0.25, 0.3) is 20.8 Å². The van der Waals surface area contributed by atoms with Gasteiger partial charge in [0.25, 0.3) is 5.91 Å². The number of morpholine rings is 1. The van der Waals surface area contributed by atoms with Crippen LogP contribution in [0, 0.1) is 6.92 Å². The number of aromatic nitrogens is 1. The summed E-state index contributed by atoms with van der Waals surface area (Å²) in [6, 6.07) is 23.7. The van der Waals surface area contributed by atoms with Gasteiger partial charge in [-0.1, -0.05) is 36.4 Å². The fourth-order valence-corrected chi connectivity index (χ4v) is 5.10. The van der Waals surface area contributed by atoms with Crippen LogP contribution in [0.15, 0.2) is 72.8 Å². The summed E-state index contributed by atoms with van der Waals surface area (Å²) in [5.74, 6) is -0.394. The van der Waals surface area contributed by atoms with Crippen molar-refractivity contribution in [3.05, 3.63) is 83.9 Å². The molecule has 7 heteroatoms. The number of fused-ring (bicyclic) bond motifs is 1. The average Bonchev–Trinajstić information content (AvgIpc) is 3.26. The second-order valence-corrected chi connectivity index (χ2v) is 9.46.